The number of benzene rings is 1. The molecule has 1 aromatic carbocycles. The molecule has 0 bridgehead atoms. The van der Waals surface area contributed by atoms with Gasteiger partial charge < -0.3 is 4.57 Å². The zero-order valence-corrected chi connectivity index (χ0v) is 13.6. The smallest absolute Gasteiger partial charge is 0.288 e. The van der Waals surface area contributed by atoms with Crippen LogP contribution in [0.3, 0.4) is 0 Å². The zero-order chi connectivity index (χ0) is 14.7. The maximum atomic E-state index is 12.7. The predicted molar refractivity (Wildman–Crippen MR) is 82.3 cm³/mol. The van der Waals surface area contributed by atoms with Crippen LogP contribution in [0.2, 0.25) is 0 Å². The third-order valence-electron chi connectivity index (χ3n) is 2.60. The molecule has 0 spiro atoms. The van der Waals surface area contributed by atoms with Gasteiger partial charge in [-0.3, -0.25) is 4.79 Å². The fourth-order valence-electron chi connectivity index (χ4n) is 1.53. The molecule has 2 aromatic rings. The molecule has 0 saturated heterocycles. The molecule has 0 unspecified atom stereocenters. The van der Waals surface area contributed by atoms with Gasteiger partial charge in [0.05, 0.1) is 15.3 Å². The molecule has 1 amide bonds. The summed E-state index contributed by atoms with van der Waals surface area (Å²) in [5.41, 5.74) is 3.57. The topological polar surface area (TPSA) is 46.4 Å². The van der Waals surface area contributed by atoms with E-state index in [1.807, 2.05) is 0 Å². The lowest BCUT2D eigenvalue weighted by molar-refractivity contribution is 0.0947. The minimum atomic E-state index is -0.336. The first-order valence-corrected chi connectivity index (χ1v) is 7.17. The summed E-state index contributed by atoms with van der Waals surface area (Å²) >= 11 is 6.67. The van der Waals surface area contributed by atoms with Crippen LogP contribution in [0.25, 0.3) is 0 Å². The number of hydrazone groups is 1. The number of nitrogens with one attached hydrogen (secondary N) is 1. The number of hydrogen-bond donors (Lipinski definition) is 1. The molecule has 0 fully saturated rings. The Morgan fingerprint density at radius 2 is 2.00 bits per heavy atom. The van der Waals surface area contributed by atoms with E-state index in [0.717, 1.165) is 9.08 Å². The fourth-order valence-corrected chi connectivity index (χ4v) is 2.32. The average molecular weight is 403 g/mol. The third-order valence-corrected chi connectivity index (χ3v) is 4.69. The van der Waals surface area contributed by atoms with Gasteiger partial charge in [-0.15, -0.1) is 0 Å². The van der Waals surface area contributed by atoms with Crippen molar-refractivity contribution in [2.24, 2.45) is 12.1 Å². The maximum absolute atomic E-state index is 12.7. The van der Waals surface area contributed by atoms with Gasteiger partial charge in [0.1, 0.15) is 11.5 Å². The zero-order valence-electron chi connectivity index (χ0n) is 10.4. The molecule has 0 saturated carbocycles. The number of amides is 1. The number of nitrogens with zero attached hydrogens (tertiary/aromatic N) is 2. The summed E-state index contributed by atoms with van der Waals surface area (Å²) in [4.78, 5) is 11.9. The normalized spacial score (nSPS) is 11.0. The number of aromatic nitrogens is 1. The first-order valence-electron chi connectivity index (χ1n) is 5.58. The molecule has 0 aliphatic rings. The summed E-state index contributed by atoms with van der Waals surface area (Å²) in [7, 11) is 1.76. The second-order valence-electron chi connectivity index (χ2n) is 3.98. The van der Waals surface area contributed by atoms with Gasteiger partial charge in [0.25, 0.3) is 5.91 Å². The Morgan fingerprint density at radius 3 is 2.55 bits per heavy atom. The Bertz CT molecular complexity index is 665. The Kier molecular flexibility index (Phi) is 4.72. The molecule has 7 heteroatoms. The van der Waals surface area contributed by atoms with Crippen molar-refractivity contribution in [2.45, 2.75) is 0 Å². The number of rotatable bonds is 3. The quantitative estimate of drug-likeness (QED) is 0.620. The second-order valence-corrected chi connectivity index (χ2v) is 5.58. The minimum Gasteiger partial charge on any atom is -0.333 e. The van der Waals surface area contributed by atoms with Gasteiger partial charge in [0.15, 0.2) is 0 Å². The molecule has 20 heavy (non-hydrogen) atoms. The lowest BCUT2D eigenvalue weighted by atomic mass is 10.2. The van der Waals surface area contributed by atoms with Gasteiger partial charge >= 0.3 is 0 Å². The van der Waals surface area contributed by atoms with Crippen molar-refractivity contribution in [3.8, 4) is 0 Å². The minimum absolute atomic E-state index is 0.315. The lowest BCUT2D eigenvalue weighted by Crippen LogP contribution is -2.20. The van der Waals surface area contributed by atoms with Crippen molar-refractivity contribution in [3.05, 3.63) is 56.5 Å². The van der Waals surface area contributed by atoms with Crippen LogP contribution < -0.4 is 5.43 Å². The van der Waals surface area contributed by atoms with Crippen LogP contribution in [-0.4, -0.2) is 16.7 Å². The molecule has 0 aliphatic carbocycles. The molecule has 2 rings (SSSR count). The van der Waals surface area contributed by atoms with Crippen LogP contribution in [0.1, 0.15) is 16.1 Å². The summed E-state index contributed by atoms with van der Waals surface area (Å²) in [5.74, 6) is -0.651. The summed E-state index contributed by atoms with van der Waals surface area (Å²) in [5, 5.41) is 3.84. The Morgan fingerprint density at radius 1 is 1.35 bits per heavy atom. The molecule has 1 heterocycles. The number of halogens is 3. The highest BCUT2D eigenvalue weighted by Crippen LogP contribution is 2.26. The van der Waals surface area contributed by atoms with Gasteiger partial charge in [0, 0.05) is 7.05 Å². The van der Waals surface area contributed by atoms with Gasteiger partial charge in [-0.2, -0.15) is 5.10 Å². The van der Waals surface area contributed by atoms with Gasteiger partial charge in [-0.05, 0) is 55.6 Å². The number of carbonyl (C=O) groups excluding carboxylic acids is 1. The first kappa shape index (κ1) is 14.9. The van der Waals surface area contributed by atoms with Gasteiger partial charge in [-0.25, -0.2) is 9.82 Å². The van der Waals surface area contributed by atoms with Crippen molar-refractivity contribution in [1.82, 2.24) is 9.99 Å². The summed E-state index contributed by atoms with van der Waals surface area (Å²) in [6.45, 7) is 0. The van der Waals surface area contributed by atoms with E-state index in [2.05, 4.69) is 42.4 Å². The standard InChI is InChI=1S/C13H10Br2FN3O/c1-19-11(6-10(14)12(19)15)13(20)18-17-7-8-2-4-9(16)5-3-8/h2-7H,1H3,(H,18,20)/b17-7+. The van der Waals surface area contributed by atoms with Gasteiger partial charge in [-0.1, -0.05) is 12.1 Å². The van der Waals surface area contributed by atoms with Crippen LogP contribution in [0, 0.1) is 5.82 Å². The van der Waals surface area contributed by atoms with Gasteiger partial charge in [0.2, 0.25) is 0 Å². The van der Waals surface area contributed by atoms with E-state index in [9.17, 15) is 9.18 Å². The summed E-state index contributed by atoms with van der Waals surface area (Å²) in [6, 6.07) is 7.48. The Hall–Kier alpha value is -1.47. The van der Waals surface area contributed by atoms with Crippen molar-refractivity contribution >= 4 is 44.0 Å². The molecular weight excluding hydrogens is 393 g/mol. The molecule has 0 atom stereocenters. The molecule has 4 nitrogen and oxygen atoms in total. The number of carbonyl (C=O) groups is 1. The second kappa shape index (κ2) is 6.32. The highest BCUT2D eigenvalue weighted by Gasteiger charge is 2.14. The fraction of sp³-hybridized carbons (Fsp3) is 0.0769. The molecule has 0 aliphatic heterocycles. The van der Waals surface area contributed by atoms with E-state index in [1.165, 1.54) is 18.3 Å². The maximum Gasteiger partial charge on any atom is 0.288 e. The molecule has 1 N–H and O–H groups in total. The molecule has 1 aromatic heterocycles. The van der Waals surface area contributed by atoms with Crippen molar-refractivity contribution in [3.63, 3.8) is 0 Å². The van der Waals surface area contributed by atoms with Crippen molar-refractivity contribution < 1.29 is 9.18 Å². The van der Waals surface area contributed by atoms with E-state index < -0.39 is 0 Å². The van der Waals surface area contributed by atoms with E-state index in [4.69, 9.17) is 0 Å². The SMILES string of the molecule is Cn1c(C(=O)N/N=C/c2ccc(F)cc2)cc(Br)c1Br. The third kappa shape index (κ3) is 3.34. The predicted octanol–water partition coefficient (Wildman–Crippen LogP) is 3.45. The van der Waals surface area contributed by atoms with E-state index in [1.54, 1.807) is 29.8 Å². The lowest BCUT2D eigenvalue weighted by Gasteiger charge is -2.02. The van der Waals surface area contributed by atoms with Crippen molar-refractivity contribution in [2.75, 3.05) is 0 Å². The first-order chi connectivity index (χ1) is 9.49. The Labute approximate surface area is 131 Å². The monoisotopic (exact) mass is 401 g/mol. The van der Waals surface area contributed by atoms with Crippen LogP contribution >= 0.6 is 31.9 Å². The van der Waals surface area contributed by atoms with Crippen LogP contribution in [0.15, 0.2) is 44.5 Å². The average Bonchev–Trinajstić information content (AvgIpc) is 2.69. The van der Waals surface area contributed by atoms with Crippen LogP contribution in [0.5, 0.6) is 0 Å². The van der Waals surface area contributed by atoms with Crippen molar-refractivity contribution in [1.29, 1.82) is 0 Å². The van der Waals surface area contributed by atoms with Crippen LogP contribution in [-0.2, 0) is 7.05 Å². The highest BCUT2D eigenvalue weighted by atomic mass is 79.9. The van der Waals surface area contributed by atoms with E-state index in [-0.39, 0.29) is 11.7 Å². The molecular formula is C13H10Br2FN3O. The Balaban J connectivity index is 2.05. The largest absolute Gasteiger partial charge is 0.333 e. The van der Waals surface area contributed by atoms with E-state index in [0.29, 0.717) is 11.3 Å². The molecule has 104 valence electrons. The molecule has 0 radical (unpaired) electrons. The number of hydrogen-bond acceptors (Lipinski definition) is 2. The summed E-state index contributed by atoms with van der Waals surface area (Å²) in [6.07, 6.45) is 1.45. The summed E-state index contributed by atoms with van der Waals surface area (Å²) < 4.78 is 16.0. The highest BCUT2D eigenvalue weighted by molar-refractivity contribution is 9.13. The van der Waals surface area contributed by atoms with E-state index >= 15 is 0 Å². The van der Waals surface area contributed by atoms with Crippen LogP contribution in [0.4, 0.5) is 4.39 Å².